The Hall–Kier alpha value is -0.870. The minimum absolute atomic E-state index is 0.0837. The molecule has 0 N–H and O–H groups in total. The van der Waals surface area contributed by atoms with Crippen LogP contribution in [0, 0.1) is 11.6 Å². The van der Waals surface area contributed by atoms with Crippen LogP contribution in [0.4, 0.5) is 14.5 Å². The first-order valence-electron chi connectivity index (χ1n) is 6.55. The van der Waals surface area contributed by atoms with Crippen molar-refractivity contribution in [1.29, 1.82) is 0 Å². The minimum Gasteiger partial charge on any atom is -0.364 e. The van der Waals surface area contributed by atoms with Crippen LogP contribution in [0.15, 0.2) is 12.1 Å². The first kappa shape index (κ1) is 14.5. The van der Waals surface area contributed by atoms with E-state index in [4.69, 9.17) is 11.6 Å². The van der Waals surface area contributed by atoms with Gasteiger partial charge < -0.3 is 4.90 Å². The van der Waals surface area contributed by atoms with Gasteiger partial charge in [-0.15, -0.1) is 11.6 Å². The van der Waals surface area contributed by atoms with E-state index >= 15 is 0 Å². The van der Waals surface area contributed by atoms with Gasteiger partial charge in [0.25, 0.3) is 0 Å². The number of likely N-dealkylation sites (N-methyl/N-ethyl adjacent to an activating group) is 1. The second kappa shape index (κ2) is 6.06. The van der Waals surface area contributed by atoms with Gasteiger partial charge in [0.2, 0.25) is 0 Å². The van der Waals surface area contributed by atoms with Crippen molar-refractivity contribution in [2.24, 2.45) is 0 Å². The number of anilines is 1. The second-order valence-corrected chi connectivity index (χ2v) is 5.30. The van der Waals surface area contributed by atoms with E-state index in [-0.39, 0.29) is 11.6 Å². The molecule has 106 valence electrons. The molecular weight excluding hydrogens is 270 g/mol. The van der Waals surface area contributed by atoms with Crippen LogP contribution >= 0.6 is 11.6 Å². The maximum absolute atomic E-state index is 14.1. The minimum atomic E-state index is -0.518. The molecule has 5 heteroatoms. The van der Waals surface area contributed by atoms with Gasteiger partial charge in [0.05, 0.1) is 0 Å². The van der Waals surface area contributed by atoms with E-state index in [1.165, 1.54) is 12.1 Å². The number of alkyl halides is 1. The average Bonchev–Trinajstić information content (AvgIpc) is 2.39. The van der Waals surface area contributed by atoms with Gasteiger partial charge >= 0.3 is 0 Å². The molecule has 1 unspecified atom stereocenters. The van der Waals surface area contributed by atoms with Crippen molar-refractivity contribution in [3.05, 3.63) is 29.3 Å². The molecule has 1 atom stereocenters. The first-order valence-corrected chi connectivity index (χ1v) is 7.09. The van der Waals surface area contributed by atoms with E-state index in [1.807, 2.05) is 0 Å². The topological polar surface area (TPSA) is 6.48 Å². The molecule has 0 spiro atoms. The van der Waals surface area contributed by atoms with Crippen LogP contribution in [0.5, 0.6) is 0 Å². The van der Waals surface area contributed by atoms with Crippen molar-refractivity contribution in [3.8, 4) is 0 Å². The predicted octanol–water partition coefficient (Wildman–Crippen LogP) is 3.23. The third kappa shape index (κ3) is 3.00. The molecule has 1 aromatic rings. The van der Waals surface area contributed by atoms with E-state index in [1.54, 1.807) is 4.90 Å². The van der Waals surface area contributed by atoms with Crippen molar-refractivity contribution >= 4 is 17.3 Å². The monoisotopic (exact) mass is 288 g/mol. The molecule has 0 aromatic heterocycles. The molecule has 0 bridgehead atoms. The van der Waals surface area contributed by atoms with Crippen molar-refractivity contribution in [2.45, 2.75) is 25.3 Å². The highest BCUT2D eigenvalue weighted by atomic mass is 35.5. The number of rotatable bonds is 3. The molecule has 0 aliphatic carbocycles. The molecule has 1 fully saturated rings. The summed E-state index contributed by atoms with van der Waals surface area (Å²) in [5.74, 6) is -0.917. The average molecular weight is 289 g/mol. The van der Waals surface area contributed by atoms with Crippen LogP contribution in [0.3, 0.4) is 0 Å². The lowest BCUT2D eigenvalue weighted by Crippen LogP contribution is -2.51. The summed E-state index contributed by atoms with van der Waals surface area (Å²) < 4.78 is 28.1. The maximum Gasteiger partial charge on any atom is 0.149 e. The van der Waals surface area contributed by atoms with E-state index in [0.29, 0.717) is 24.7 Å². The molecule has 0 radical (unpaired) electrons. The molecule has 2 nitrogen and oxygen atoms in total. The van der Waals surface area contributed by atoms with Crippen LogP contribution < -0.4 is 4.90 Å². The summed E-state index contributed by atoms with van der Waals surface area (Å²) in [4.78, 5) is 4.04. The van der Waals surface area contributed by atoms with Gasteiger partial charge in [-0.3, -0.25) is 4.90 Å². The molecule has 1 heterocycles. The molecule has 2 rings (SSSR count). The van der Waals surface area contributed by atoms with Gasteiger partial charge in [0, 0.05) is 31.6 Å². The van der Waals surface area contributed by atoms with E-state index in [0.717, 1.165) is 13.0 Å². The Bertz CT molecular complexity index is 430. The molecule has 1 aromatic carbocycles. The lowest BCUT2D eigenvalue weighted by molar-refractivity contribution is 0.212. The fourth-order valence-corrected chi connectivity index (χ4v) is 2.74. The zero-order valence-corrected chi connectivity index (χ0v) is 12.1. The predicted molar refractivity (Wildman–Crippen MR) is 74.8 cm³/mol. The van der Waals surface area contributed by atoms with Crippen LogP contribution in [0.25, 0.3) is 0 Å². The normalized spacial score (nSPS) is 20.9. The summed E-state index contributed by atoms with van der Waals surface area (Å²) in [6.45, 7) is 4.20. The van der Waals surface area contributed by atoms with E-state index in [9.17, 15) is 8.78 Å². The van der Waals surface area contributed by atoms with Gasteiger partial charge in [-0.2, -0.15) is 0 Å². The quantitative estimate of drug-likeness (QED) is 0.788. The van der Waals surface area contributed by atoms with Crippen LogP contribution in [0.1, 0.15) is 18.9 Å². The molecule has 1 aliphatic heterocycles. The number of benzene rings is 1. The highest BCUT2D eigenvalue weighted by molar-refractivity contribution is 6.17. The van der Waals surface area contributed by atoms with Crippen molar-refractivity contribution in [2.75, 3.05) is 31.6 Å². The van der Waals surface area contributed by atoms with Crippen molar-refractivity contribution in [3.63, 3.8) is 0 Å². The Morgan fingerprint density at radius 1 is 1.26 bits per heavy atom. The standard InChI is InChI=1S/C14H19ClF2N2/c1-3-11-9-19(5-4-18(11)2)14-12(16)6-10(8-15)7-13(14)17/h6-7,11H,3-5,8-9H2,1-2H3. The highest BCUT2D eigenvalue weighted by Crippen LogP contribution is 2.28. The summed E-state index contributed by atoms with van der Waals surface area (Å²) in [5.41, 5.74) is 0.557. The zero-order chi connectivity index (χ0) is 14.0. The molecule has 1 aliphatic rings. The van der Waals surface area contributed by atoms with Crippen LogP contribution in [0.2, 0.25) is 0 Å². The van der Waals surface area contributed by atoms with E-state index < -0.39 is 11.6 Å². The molecule has 0 saturated carbocycles. The van der Waals surface area contributed by atoms with Gasteiger partial charge in [-0.25, -0.2) is 8.78 Å². The van der Waals surface area contributed by atoms with Crippen molar-refractivity contribution in [1.82, 2.24) is 4.90 Å². The van der Waals surface area contributed by atoms with Gasteiger partial charge in [-0.1, -0.05) is 6.92 Å². The van der Waals surface area contributed by atoms with Crippen LogP contribution in [-0.2, 0) is 5.88 Å². The summed E-state index contributed by atoms with van der Waals surface area (Å²) in [5, 5.41) is 0. The summed E-state index contributed by atoms with van der Waals surface area (Å²) in [7, 11) is 2.05. The van der Waals surface area contributed by atoms with E-state index in [2.05, 4.69) is 18.9 Å². The molecular formula is C14H19ClF2N2. The maximum atomic E-state index is 14.1. The summed E-state index contributed by atoms with van der Waals surface area (Å²) in [6.07, 6.45) is 0.968. The first-order chi connectivity index (χ1) is 9.06. The molecule has 19 heavy (non-hydrogen) atoms. The summed E-state index contributed by atoms with van der Waals surface area (Å²) in [6, 6.07) is 2.98. The SMILES string of the molecule is CCC1CN(c2c(F)cc(CCl)cc2F)CCN1C. The number of piperazine rings is 1. The number of hydrogen-bond donors (Lipinski definition) is 0. The number of nitrogens with zero attached hydrogens (tertiary/aromatic N) is 2. The lowest BCUT2D eigenvalue weighted by atomic mass is 10.1. The fraction of sp³-hybridized carbons (Fsp3) is 0.571. The lowest BCUT2D eigenvalue weighted by Gasteiger charge is -2.40. The number of halogens is 3. The molecule has 0 amide bonds. The van der Waals surface area contributed by atoms with Crippen molar-refractivity contribution < 1.29 is 8.78 Å². The van der Waals surface area contributed by atoms with Gasteiger partial charge in [0.15, 0.2) is 0 Å². The third-order valence-corrected chi connectivity index (χ3v) is 4.10. The largest absolute Gasteiger partial charge is 0.364 e. The molecule has 1 saturated heterocycles. The zero-order valence-electron chi connectivity index (χ0n) is 11.3. The Morgan fingerprint density at radius 2 is 1.89 bits per heavy atom. The second-order valence-electron chi connectivity index (χ2n) is 5.03. The third-order valence-electron chi connectivity index (χ3n) is 3.80. The smallest absolute Gasteiger partial charge is 0.149 e. The Balaban J connectivity index is 2.27. The highest BCUT2D eigenvalue weighted by Gasteiger charge is 2.26. The van der Waals surface area contributed by atoms with Crippen LogP contribution in [-0.4, -0.2) is 37.6 Å². The number of hydrogen-bond acceptors (Lipinski definition) is 2. The summed E-state index contributed by atoms with van der Waals surface area (Å²) >= 11 is 5.62. The van der Waals surface area contributed by atoms with Gasteiger partial charge in [0.1, 0.15) is 17.3 Å². The Kier molecular flexibility index (Phi) is 4.63. The van der Waals surface area contributed by atoms with Gasteiger partial charge in [-0.05, 0) is 31.2 Å². The Labute approximate surface area is 117 Å². The Morgan fingerprint density at radius 3 is 2.42 bits per heavy atom. The fourth-order valence-electron chi connectivity index (χ4n) is 2.59.